The number of piperidine rings is 1. The summed E-state index contributed by atoms with van der Waals surface area (Å²) in [5, 5.41) is 3.06. The third-order valence-electron chi connectivity index (χ3n) is 6.67. The summed E-state index contributed by atoms with van der Waals surface area (Å²) in [6.07, 6.45) is 13.0. The van der Waals surface area contributed by atoms with Gasteiger partial charge in [-0.05, 0) is 86.6 Å². The van der Waals surface area contributed by atoms with E-state index >= 15 is 0 Å². The quantitative estimate of drug-likeness (QED) is 0.767. The molecule has 1 aliphatic heterocycles. The van der Waals surface area contributed by atoms with Gasteiger partial charge in [-0.1, -0.05) is 36.4 Å². The van der Waals surface area contributed by atoms with E-state index in [2.05, 4.69) is 59.8 Å². The first-order valence-corrected chi connectivity index (χ1v) is 11.2. The number of pyridine rings is 1. The van der Waals surface area contributed by atoms with Gasteiger partial charge in [0, 0.05) is 20.8 Å². The molecule has 0 atom stereocenters. The molecule has 2 aromatic rings. The molecule has 30 heavy (non-hydrogen) atoms. The Balaban J connectivity index is 0.00000144. The summed E-state index contributed by atoms with van der Waals surface area (Å²) < 4.78 is 0. The number of carbonyl (C=O) groups excluding carboxylic acids is 1. The summed E-state index contributed by atoms with van der Waals surface area (Å²) in [5.74, 6) is 0.887. The normalized spacial score (nSPS) is 19.0. The summed E-state index contributed by atoms with van der Waals surface area (Å²) in [6.45, 7) is 1.97. The van der Waals surface area contributed by atoms with Gasteiger partial charge in [0.05, 0.1) is 5.69 Å². The van der Waals surface area contributed by atoms with Gasteiger partial charge in [-0.2, -0.15) is 0 Å². The summed E-state index contributed by atoms with van der Waals surface area (Å²) in [5.41, 5.74) is 7.57. The van der Waals surface area contributed by atoms with Crippen molar-refractivity contribution in [3.63, 3.8) is 0 Å². The van der Waals surface area contributed by atoms with E-state index in [0.29, 0.717) is 5.82 Å². The first-order valence-electron chi connectivity index (χ1n) is 11.2. The summed E-state index contributed by atoms with van der Waals surface area (Å²) in [7, 11) is 2.11. The number of likely N-dealkylation sites (tertiary alicyclic amines) is 1. The van der Waals surface area contributed by atoms with Crippen LogP contribution in [0.5, 0.6) is 0 Å². The Kier molecular flexibility index (Phi) is 5.26. The number of hydrogen-bond donors (Lipinski definition) is 1. The SMILES string of the molecule is CN1CCC(C(=O)Nc2ccc3c(n2)CC=C3c2ccc3c(c2)CCCC=C3)CC1.[HH].[HH]. The molecule has 1 saturated heterocycles. The largest absolute Gasteiger partial charge is 0.310 e. The highest BCUT2D eigenvalue weighted by atomic mass is 16.1. The van der Waals surface area contributed by atoms with Crippen molar-refractivity contribution >= 4 is 23.4 Å². The molecule has 2 heterocycles. The molecule has 1 fully saturated rings. The molecule has 1 amide bonds. The predicted octanol–water partition coefficient (Wildman–Crippen LogP) is 5.19. The Labute approximate surface area is 181 Å². The number of aryl methyl sites for hydroxylation is 1. The van der Waals surface area contributed by atoms with Gasteiger partial charge in [0.1, 0.15) is 5.82 Å². The third-order valence-corrected chi connectivity index (χ3v) is 6.67. The maximum Gasteiger partial charge on any atom is 0.228 e. The van der Waals surface area contributed by atoms with Crippen LogP contribution in [0, 0.1) is 5.92 Å². The van der Waals surface area contributed by atoms with Gasteiger partial charge < -0.3 is 10.2 Å². The van der Waals surface area contributed by atoms with Crippen molar-refractivity contribution in [2.24, 2.45) is 5.92 Å². The molecule has 0 spiro atoms. The van der Waals surface area contributed by atoms with Gasteiger partial charge in [0.15, 0.2) is 0 Å². The topological polar surface area (TPSA) is 45.2 Å². The third kappa shape index (κ3) is 3.84. The first kappa shape index (κ1) is 19.3. The molecule has 3 aliphatic rings. The van der Waals surface area contributed by atoms with E-state index in [4.69, 9.17) is 4.98 Å². The van der Waals surface area contributed by atoms with Crippen molar-refractivity contribution in [1.82, 2.24) is 9.88 Å². The minimum absolute atomic E-state index is 0. The highest BCUT2D eigenvalue weighted by Crippen LogP contribution is 2.34. The van der Waals surface area contributed by atoms with Crippen LogP contribution in [0.4, 0.5) is 5.82 Å². The second-order valence-electron chi connectivity index (χ2n) is 8.79. The monoisotopic (exact) mass is 403 g/mol. The van der Waals surface area contributed by atoms with E-state index in [1.54, 1.807) is 0 Å². The summed E-state index contributed by atoms with van der Waals surface area (Å²) >= 11 is 0. The van der Waals surface area contributed by atoms with Crippen molar-refractivity contribution in [3.05, 3.63) is 70.4 Å². The second-order valence-corrected chi connectivity index (χ2v) is 8.79. The van der Waals surface area contributed by atoms with Crippen LogP contribution in [0.1, 0.15) is 56.5 Å². The van der Waals surface area contributed by atoms with Crippen molar-refractivity contribution < 1.29 is 7.65 Å². The van der Waals surface area contributed by atoms with Crippen molar-refractivity contribution in [3.8, 4) is 0 Å². The zero-order valence-electron chi connectivity index (χ0n) is 17.7. The van der Waals surface area contributed by atoms with Crippen LogP contribution < -0.4 is 5.32 Å². The molecule has 158 valence electrons. The molecule has 1 aromatic heterocycles. The minimum Gasteiger partial charge on any atom is -0.310 e. The number of fused-ring (bicyclic) bond motifs is 2. The van der Waals surface area contributed by atoms with Crippen molar-refractivity contribution in [2.45, 2.75) is 38.5 Å². The smallest absolute Gasteiger partial charge is 0.228 e. The van der Waals surface area contributed by atoms with Crippen LogP contribution in [0.15, 0.2) is 42.5 Å². The van der Waals surface area contributed by atoms with Gasteiger partial charge in [0.25, 0.3) is 0 Å². The van der Waals surface area contributed by atoms with Gasteiger partial charge in [-0.25, -0.2) is 4.98 Å². The predicted molar refractivity (Wildman–Crippen MR) is 127 cm³/mol. The number of allylic oxidation sites excluding steroid dienone is 2. The van der Waals surface area contributed by atoms with Gasteiger partial charge in [-0.15, -0.1) is 0 Å². The average Bonchev–Trinajstić information content (AvgIpc) is 3.03. The molecule has 5 rings (SSSR count). The molecular weight excluding hydrogens is 370 g/mol. The summed E-state index contributed by atoms with van der Waals surface area (Å²) in [4.78, 5) is 19.7. The van der Waals surface area contributed by atoms with E-state index in [9.17, 15) is 4.79 Å². The molecule has 0 unspecified atom stereocenters. The van der Waals surface area contributed by atoms with Crippen LogP contribution in [-0.2, 0) is 17.6 Å². The number of carbonyl (C=O) groups is 1. The van der Waals surface area contributed by atoms with E-state index in [0.717, 1.165) is 50.9 Å². The van der Waals surface area contributed by atoms with E-state index < -0.39 is 0 Å². The fourth-order valence-corrected chi connectivity index (χ4v) is 4.83. The van der Waals surface area contributed by atoms with Crippen LogP contribution in [-0.4, -0.2) is 35.9 Å². The highest BCUT2D eigenvalue weighted by molar-refractivity contribution is 5.92. The molecule has 0 bridgehead atoms. The Morgan fingerprint density at radius 3 is 2.93 bits per heavy atom. The Bertz CT molecular complexity index is 1040. The first-order chi connectivity index (χ1) is 14.7. The van der Waals surface area contributed by atoms with Gasteiger partial charge in [0.2, 0.25) is 5.91 Å². The molecule has 0 radical (unpaired) electrons. The fraction of sp³-hybridized carbons (Fsp3) is 0.385. The number of nitrogens with one attached hydrogen (secondary N) is 1. The molecule has 1 aromatic carbocycles. The van der Waals surface area contributed by atoms with Crippen LogP contribution in [0.2, 0.25) is 0 Å². The Morgan fingerprint density at radius 1 is 1.20 bits per heavy atom. The number of rotatable bonds is 3. The summed E-state index contributed by atoms with van der Waals surface area (Å²) in [6, 6.07) is 10.9. The van der Waals surface area contributed by atoms with E-state index in [1.807, 2.05) is 6.07 Å². The lowest BCUT2D eigenvalue weighted by atomic mass is 9.95. The molecule has 1 N–H and O–H groups in total. The van der Waals surface area contributed by atoms with E-state index in [1.165, 1.54) is 34.2 Å². The number of nitrogens with zero attached hydrogens (tertiary/aromatic N) is 2. The lowest BCUT2D eigenvalue weighted by Crippen LogP contribution is -2.36. The fourth-order valence-electron chi connectivity index (χ4n) is 4.83. The van der Waals surface area contributed by atoms with Gasteiger partial charge in [-0.3, -0.25) is 4.79 Å². The molecule has 4 nitrogen and oxygen atoms in total. The van der Waals surface area contributed by atoms with Crippen LogP contribution in [0.3, 0.4) is 0 Å². The molecular formula is C26H33N3O. The highest BCUT2D eigenvalue weighted by Gasteiger charge is 2.24. The van der Waals surface area contributed by atoms with E-state index in [-0.39, 0.29) is 14.7 Å². The number of aromatic nitrogens is 1. The molecule has 4 heteroatoms. The standard InChI is InChI=1S/C26H29N3O.2H2/c1-29-15-13-19(14-16-29)26(30)28-25-12-10-23-22(9-11-24(23)27-25)21-8-7-18-5-3-2-4-6-20(18)17-21;;/h3,5,7-10,12,17,19H,2,4,6,11,13-16H2,1H3,(H,27,28,30);2*1H. The van der Waals surface area contributed by atoms with Crippen LogP contribution >= 0.6 is 0 Å². The van der Waals surface area contributed by atoms with Crippen LogP contribution in [0.25, 0.3) is 11.6 Å². The number of benzene rings is 1. The lowest BCUT2D eigenvalue weighted by Gasteiger charge is -2.27. The van der Waals surface area contributed by atoms with Gasteiger partial charge >= 0.3 is 0 Å². The zero-order chi connectivity index (χ0) is 20.5. The molecule has 2 aliphatic carbocycles. The maximum atomic E-state index is 12.6. The lowest BCUT2D eigenvalue weighted by molar-refractivity contribution is -0.121. The number of anilines is 1. The maximum absolute atomic E-state index is 12.6. The Hall–Kier alpha value is -2.72. The Morgan fingerprint density at radius 2 is 2.07 bits per heavy atom. The second kappa shape index (κ2) is 8.19. The van der Waals surface area contributed by atoms with Crippen molar-refractivity contribution in [2.75, 3.05) is 25.5 Å². The number of hydrogen-bond acceptors (Lipinski definition) is 3. The average molecular weight is 404 g/mol. The van der Waals surface area contributed by atoms with Crippen molar-refractivity contribution in [1.29, 1.82) is 0 Å². The number of amides is 1. The zero-order valence-corrected chi connectivity index (χ0v) is 17.7. The molecule has 0 saturated carbocycles. The minimum atomic E-state index is 0.